The highest BCUT2D eigenvalue weighted by atomic mass is 32.1. The van der Waals surface area contributed by atoms with Crippen LogP contribution < -0.4 is 29.1 Å². The molecule has 0 aliphatic carbocycles. The van der Waals surface area contributed by atoms with Crippen LogP contribution in [0.1, 0.15) is 36.7 Å². The Morgan fingerprint density at radius 2 is 1.79 bits per heavy atom. The maximum Gasteiger partial charge on any atom is 0.338 e. The molecule has 2 aromatic carbocycles. The molecular formula is C29H29N3O6S. The van der Waals surface area contributed by atoms with Crippen LogP contribution in [0.3, 0.4) is 0 Å². The highest BCUT2D eigenvalue weighted by Crippen LogP contribution is 2.42. The number of carbonyl (C=O) groups is 1. The van der Waals surface area contributed by atoms with Gasteiger partial charge in [-0.1, -0.05) is 29.5 Å². The van der Waals surface area contributed by atoms with Crippen molar-refractivity contribution in [2.45, 2.75) is 26.8 Å². The van der Waals surface area contributed by atoms with Crippen molar-refractivity contribution in [3.8, 4) is 17.2 Å². The number of allylic oxidation sites excluding steroid dienone is 1. The molecule has 0 spiro atoms. The molecule has 9 nitrogen and oxygen atoms in total. The van der Waals surface area contributed by atoms with Gasteiger partial charge in [0, 0.05) is 22.2 Å². The zero-order valence-electron chi connectivity index (χ0n) is 22.6. The van der Waals surface area contributed by atoms with E-state index in [2.05, 4.69) is 9.98 Å². The molecule has 202 valence electrons. The number of nitrogens with zero attached hydrogens (tertiary/aromatic N) is 2. The number of para-hydroxylation sites is 1. The molecule has 0 radical (unpaired) electrons. The van der Waals surface area contributed by atoms with E-state index in [1.165, 1.54) is 32.7 Å². The van der Waals surface area contributed by atoms with Crippen molar-refractivity contribution in [3.05, 3.63) is 84.2 Å². The average Bonchev–Trinajstić information content (AvgIpc) is 3.42. The first kappa shape index (κ1) is 26.3. The number of esters is 1. The fourth-order valence-electron chi connectivity index (χ4n) is 4.98. The van der Waals surface area contributed by atoms with E-state index >= 15 is 0 Å². The molecule has 1 atom stereocenters. The third-order valence-electron chi connectivity index (χ3n) is 6.74. The molecule has 0 saturated carbocycles. The van der Waals surface area contributed by atoms with Gasteiger partial charge in [0.2, 0.25) is 5.75 Å². The topological polar surface area (TPSA) is 104 Å². The molecule has 2 aromatic heterocycles. The van der Waals surface area contributed by atoms with Crippen LogP contribution in [0.25, 0.3) is 17.0 Å². The molecule has 3 heterocycles. The first-order chi connectivity index (χ1) is 18.8. The van der Waals surface area contributed by atoms with Crippen molar-refractivity contribution in [1.29, 1.82) is 0 Å². The van der Waals surface area contributed by atoms with Crippen LogP contribution in [0.15, 0.2) is 57.5 Å². The normalized spacial score (nSPS) is 15.2. The summed E-state index contributed by atoms with van der Waals surface area (Å²) in [5.74, 6) is 0.672. The predicted molar refractivity (Wildman–Crippen MR) is 150 cm³/mol. The number of nitrogens with one attached hydrogen (secondary N) is 1. The number of benzene rings is 2. The fraction of sp³-hybridized carbons (Fsp3) is 0.276. The Bertz CT molecular complexity index is 1790. The number of carbonyl (C=O) groups excluding carboxylic acids is 1. The van der Waals surface area contributed by atoms with Crippen LogP contribution in [-0.4, -0.2) is 43.5 Å². The summed E-state index contributed by atoms with van der Waals surface area (Å²) in [6.45, 7) is 5.64. The van der Waals surface area contributed by atoms with E-state index < -0.39 is 12.0 Å². The van der Waals surface area contributed by atoms with Gasteiger partial charge in [-0.15, -0.1) is 0 Å². The SMILES string of the molecule is CCOC(=O)C1=C(C)N=c2sc(=Cc3c(C)[nH]c4ccccc34)c(=O)n2[C@@H]1c1cc(OC)c(OC)c(OC)c1. The van der Waals surface area contributed by atoms with Gasteiger partial charge in [0.1, 0.15) is 0 Å². The van der Waals surface area contributed by atoms with Crippen LogP contribution in [0, 0.1) is 6.92 Å². The van der Waals surface area contributed by atoms with E-state index in [0.29, 0.717) is 37.8 Å². The Hall–Kier alpha value is -4.31. The van der Waals surface area contributed by atoms with Gasteiger partial charge in [0.15, 0.2) is 16.3 Å². The molecule has 0 fully saturated rings. The second-order valence-corrected chi connectivity index (χ2v) is 9.98. The Morgan fingerprint density at radius 3 is 2.44 bits per heavy atom. The van der Waals surface area contributed by atoms with Crippen molar-refractivity contribution in [2.75, 3.05) is 27.9 Å². The minimum Gasteiger partial charge on any atom is -0.493 e. The number of aromatic amines is 1. The van der Waals surface area contributed by atoms with Gasteiger partial charge in [-0.05, 0) is 50.6 Å². The van der Waals surface area contributed by atoms with Gasteiger partial charge in [-0.3, -0.25) is 9.36 Å². The lowest BCUT2D eigenvalue weighted by Crippen LogP contribution is -2.40. The van der Waals surface area contributed by atoms with E-state index in [9.17, 15) is 9.59 Å². The second-order valence-electron chi connectivity index (χ2n) is 8.97. The second kappa shape index (κ2) is 10.5. The summed E-state index contributed by atoms with van der Waals surface area (Å²) in [5, 5.41) is 1.02. The number of thiazole rings is 1. The summed E-state index contributed by atoms with van der Waals surface area (Å²) in [6, 6.07) is 10.6. The Balaban J connectivity index is 1.80. The third-order valence-corrected chi connectivity index (χ3v) is 7.72. The number of hydrogen-bond donors (Lipinski definition) is 1. The molecule has 0 amide bonds. The van der Waals surface area contributed by atoms with Crippen LogP contribution in [0.2, 0.25) is 0 Å². The summed E-state index contributed by atoms with van der Waals surface area (Å²) in [7, 11) is 4.55. The van der Waals surface area contributed by atoms with Crippen LogP contribution >= 0.6 is 11.3 Å². The maximum atomic E-state index is 14.0. The Labute approximate surface area is 228 Å². The molecule has 0 saturated heterocycles. The predicted octanol–water partition coefficient (Wildman–Crippen LogP) is 3.61. The minimum atomic E-state index is -0.819. The van der Waals surface area contributed by atoms with Crippen molar-refractivity contribution in [2.24, 2.45) is 4.99 Å². The van der Waals surface area contributed by atoms with Crippen molar-refractivity contribution in [1.82, 2.24) is 9.55 Å². The number of aromatic nitrogens is 2. The molecule has 39 heavy (non-hydrogen) atoms. The number of hydrogen-bond acceptors (Lipinski definition) is 8. The highest BCUT2D eigenvalue weighted by Gasteiger charge is 2.34. The third kappa shape index (κ3) is 4.40. The molecule has 10 heteroatoms. The Morgan fingerprint density at radius 1 is 1.10 bits per heavy atom. The molecule has 1 aliphatic rings. The van der Waals surface area contributed by atoms with Gasteiger partial charge < -0.3 is 23.9 Å². The smallest absolute Gasteiger partial charge is 0.338 e. The summed E-state index contributed by atoms with van der Waals surface area (Å²) < 4.78 is 24.1. The lowest BCUT2D eigenvalue weighted by atomic mass is 9.95. The van der Waals surface area contributed by atoms with Gasteiger partial charge in [0.25, 0.3) is 5.56 Å². The van der Waals surface area contributed by atoms with Crippen molar-refractivity contribution < 1.29 is 23.7 Å². The molecule has 1 N–H and O–H groups in total. The maximum absolute atomic E-state index is 14.0. The van der Waals surface area contributed by atoms with Crippen molar-refractivity contribution in [3.63, 3.8) is 0 Å². The molecule has 4 aromatic rings. The molecule has 1 aliphatic heterocycles. The standard InChI is InChI=1S/C29H29N3O6S/c1-7-38-28(34)24-16(3)31-29-32(25(24)17-12-21(35-4)26(37-6)22(13-17)36-5)27(33)23(39-29)14-19-15(2)30-20-11-9-8-10-18(19)20/h8-14,25,30H,7H2,1-6H3/t25-/m1/s1. The molecule has 0 bridgehead atoms. The van der Waals surface area contributed by atoms with Gasteiger partial charge in [-0.25, -0.2) is 9.79 Å². The average molecular weight is 548 g/mol. The summed E-state index contributed by atoms with van der Waals surface area (Å²) in [6.07, 6.45) is 1.88. The fourth-order valence-corrected chi connectivity index (χ4v) is 6.01. The zero-order chi connectivity index (χ0) is 27.8. The lowest BCUT2D eigenvalue weighted by molar-refractivity contribution is -0.139. The van der Waals surface area contributed by atoms with Gasteiger partial charge in [-0.2, -0.15) is 0 Å². The molecule has 0 unspecified atom stereocenters. The van der Waals surface area contributed by atoms with Gasteiger partial charge >= 0.3 is 5.97 Å². The summed E-state index contributed by atoms with van der Waals surface area (Å²) in [4.78, 5) is 35.8. The monoisotopic (exact) mass is 547 g/mol. The van der Waals surface area contributed by atoms with E-state index in [1.54, 1.807) is 30.5 Å². The largest absolute Gasteiger partial charge is 0.493 e. The van der Waals surface area contributed by atoms with Crippen LogP contribution in [0.5, 0.6) is 17.2 Å². The van der Waals surface area contributed by atoms with Gasteiger partial charge in [0.05, 0.1) is 49.8 Å². The van der Waals surface area contributed by atoms with Crippen LogP contribution in [0.4, 0.5) is 0 Å². The lowest BCUT2D eigenvalue weighted by Gasteiger charge is -2.26. The van der Waals surface area contributed by atoms with Crippen LogP contribution in [-0.2, 0) is 9.53 Å². The Kier molecular flexibility index (Phi) is 7.05. The number of ether oxygens (including phenoxy) is 4. The van der Waals surface area contributed by atoms with E-state index in [-0.39, 0.29) is 17.7 Å². The quantitative estimate of drug-likeness (QED) is 0.355. The van der Waals surface area contributed by atoms with E-state index in [1.807, 2.05) is 37.3 Å². The number of aryl methyl sites for hydroxylation is 1. The summed E-state index contributed by atoms with van der Waals surface area (Å²) in [5.41, 5.74) is 3.95. The zero-order valence-corrected chi connectivity index (χ0v) is 23.4. The first-order valence-electron chi connectivity index (χ1n) is 12.4. The number of H-pyrrole nitrogens is 1. The molecule has 5 rings (SSSR count). The molecular weight excluding hydrogens is 518 g/mol. The first-order valence-corrected chi connectivity index (χ1v) is 13.2. The van der Waals surface area contributed by atoms with E-state index in [4.69, 9.17) is 18.9 Å². The number of fused-ring (bicyclic) bond motifs is 2. The number of rotatable bonds is 7. The highest BCUT2D eigenvalue weighted by molar-refractivity contribution is 7.07. The van der Waals surface area contributed by atoms with E-state index in [0.717, 1.165) is 22.2 Å². The number of methoxy groups -OCH3 is 3. The van der Waals surface area contributed by atoms with Crippen molar-refractivity contribution >= 4 is 34.3 Å². The minimum absolute atomic E-state index is 0.182. The summed E-state index contributed by atoms with van der Waals surface area (Å²) >= 11 is 1.28.